The summed E-state index contributed by atoms with van der Waals surface area (Å²) in [6, 6.07) is 10.1. The molecule has 0 saturated carbocycles. The van der Waals surface area contributed by atoms with Gasteiger partial charge in [-0.25, -0.2) is 0 Å². The maximum Gasteiger partial charge on any atom is 0.303 e. The molecule has 7 nitrogen and oxygen atoms in total. The number of benzene rings is 2. The smallest absolute Gasteiger partial charge is 0.303 e. The summed E-state index contributed by atoms with van der Waals surface area (Å²) in [6.45, 7) is 0.304. The Balaban J connectivity index is 2.06. The van der Waals surface area contributed by atoms with Gasteiger partial charge in [0, 0.05) is 23.6 Å². The number of allylic oxidation sites excluding steroid dienone is 1. The molecule has 0 fully saturated rings. The van der Waals surface area contributed by atoms with Crippen LogP contribution in [-0.2, 0) is 4.79 Å². The molecule has 0 spiro atoms. The van der Waals surface area contributed by atoms with E-state index in [1.165, 1.54) is 27.4 Å². The van der Waals surface area contributed by atoms with E-state index < -0.39 is 5.97 Å². The number of carbonyl (C=O) groups is 2. The van der Waals surface area contributed by atoms with Crippen LogP contribution in [0.5, 0.6) is 23.0 Å². The molecule has 0 bridgehead atoms. The van der Waals surface area contributed by atoms with Crippen LogP contribution >= 0.6 is 0 Å². The van der Waals surface area contributed by atoms with Crippen LogP contribution in [0.4, 0.5) is 0 Å². The molecule has 0 aliphatic rings. The van der Waals surface area contributed by atoms with Gasteiger partial charge in [-0.3, -0.25) is 9.59 Å². The third-order valence-corrected chi connectivity index (χ3v) is 4.09. The number of hydrogen-bond acceptors (Lipinski definition) is 6. The van der Waals surface area contributed by atoms with E-state index in [1.54, 1.807) is 42.5 Å². The van der Waals surface area contributed by atoms with Crippen LogP contribution in [0.1, 0.15) is 28.8 Å². The monoisotopic (exact) mass is 400 g/mol. The molecule has 0 unspecified atom stereocenters. The van der Waals surface area contributed by atoms with Gasteiger partial charge in [0.05, 0.1) is 27.9 Å². The van der Waals surface area contributed by atoms with Crippen LogP contribution in [0, 0.1) is 0 Å². The van der Waals surface area contributed by atoms with Crippen LogP contribution in [0.2, 0.25) is 0 Å². The van der Waals surface area contributed by atoms with Crippen molar-refractivity contribution < 1.29 is 33.6 Å². The zero-order valence-electron chi connectivity index (χ0n) is 16.6. The predicted molar refractivity (Wildman–Crippen MR) is 108 cm³/mol. The van der Waals surface area contributed by atoms with Gasteiger partial charge >= 0.3 is 5.97 Å². The first-order chi connectivity index (χ1) is 14.0. The first-order valence-corrected chi connectivity index (χ1v) is 8.95. The first-order valence-electron chi connectivity index (χ1n) is 8.95. The lowest BCUT2D eigenvalue weighted by atomic mass is 10.1. The maximum absolute atomic E-state index is 12.5. The van der Waals surface area contributed by atoms with Gasteiger partial charge in [-0.1, -0.05) is 0 Å². The van der Waals surface area contributed by atoms with E-state index in [1.807, 2.05) is 0 Å². The average molecular weight is 400 g/mol. The molecule has 0 aromatic heterocycles. The molecule has 2 rings (SSSR count). The number of carboxylic acids is 1. The number of carboxylic acid groups (broad SMARTS) is 1. The topological polar surface area (TPSA) is 91.3 Å². The van der Waals surface area contributed by atoms with E-state index in [0.717, 1.165) is 0 Å². The van der Waals surface area contributed by atoms with Crippen LogP contribution in [0.15, 0.2) is 42.5 Å². The van der Waals surface area contributed by atoms with Crippen molar-refractivity contribution in [3.63, 3.8) is 0 Å². The standard InChI is InChI=1S/C22H24O7/c1-26-19-14-21(28-3)20(27-2)13-16(19)8-11-18(23)15-6-9-17(10-7-15)29-12-4-5-22(24)25/h6-11,13-14H,4-5,12H2,1-3H3,(H,24,25)/b11-8+. The second kappa shape index (κ2) is 10.8. The Bertz CT molecular complexity index is 869. The van der Waals surface area contributed by atoms with Gasteiger partial charge in [0.25, 0.3) is 0 Å². The molecule has 154 valence electrons. The number of carbonyl (C=O) groups excluding carboxylic acids is 1. The van der Waals surface area contributed by atoms with Crippen molar-refractivity contribution in [2.75, 3.05) is 27.9 Å². The van der Waals surface area contributed by atoms with Gasteiger partial charge in [0.2, 0.25) is 0 Å². The van der Waals surface area contributed by atoms with Crippen molar-refractivity contribution in [2.24, 2.45) is 0 Å². The van der Waals surface area contributed by atoms with Crippen molar-refractivity contribution >= 4 is 17.8 Å². The molecule has 0 aliphatic heterocycles. The van der Waals surface area contributed by atoms with Gasteiger partial charge < -0.3 is 24.1 Å². The van der Waals surface area contributed by atoms with E-state index in [2.05, 4.69) is 0 Å². The first kappa shape index (κ1) is 21.8. The van der Waals surface area contributed by atoms with Crippen LogP contribution in [0.3, 0.4) is 0 Å². The number of ketones is 1. The SMILES string of the molecule is COc1cc(OC)c(OC)cc1/C=C/C(=O)c1ccc(OCCCC(=O)O)cc1. The lowest BCUT2D eigenvalue weighted by Crippen LogP contribution is -2.02. The molecule has 29 heavy (non-hydrogen) atoms. The Kier molecular flexibility index (Phi) is 8.09. The Labute approximate surface area is 169 Å². The highest BCUT2D eigenvalue weighted by atomic mass is 16.5. The quantitative estimate of drug-likeness (QED) is 0.348. The zero-order valence-corrected chi connectivity index (χ0v) is 16.6. The van der Waals surface area contributed by atoms with Crippen LogP contribution in [-0.4, -0.2) is 44.8 Å². The summed E-state index contributed by atoms with van der Waals surface area (Å²) in [7, 11) is 4.61. The zero-order chi connectivity index (χ0) is 21.2. The molecule has 1 N–H and O–H groups in total. The van der Waals surface area contributed by atoms with E-state index in [9.17, 15) is 9.59 Å². The fourth-order valence-corrected chi connectivity index (χ4v) is 2.57. The van der Waals surface area contributed by atoms with E-state index in [4.69, 9.17) is 24.1 Å². The molecule has 0 atom stereocenters. The third-order valence-electron chi connectivity index (χ3n) is 4.09. The molecule has 2 aromatic rings. The minimum Gasteiger partial charge on any atom is -0.496 e. The molecular formula is C22H24O7. The fraction of sp³-hybridized carbons (Fsp3) is 0.273. The van der Waals surface area contributed by atoms with Crippen LogP contribution < -0.4 is 18.9 Å². The number of hydrogen-bond donors (Lipinski definition) is 1. The highest BCUT2D eigenvalue weighted by Crippen LogP contribution is 2.35. The maximum atomic E-state index is 12.5. The molecule has 0 radical (unpaired) electrons. The largest absolute Gasteiger partial charge is 0.496 e. The van der Waals surface area contributed by atoms with Crippen molar-refractivity contribution in [1.82, 2.24) is 0 Å². The van der Waals surface area contributed by atoms with Gasteiger partial charge in [-0.15, -0.1) is 0 Å². The van der Waals surface area contributed by atoms with Crippen molar-refractivity contribution in [3.8, 4) is 23.0 Å². The number of methoxy groups -OCH3 is 3. The molecule has 0 heterocycles. The number of rotatable bonds is 11. The third kappa shape index (κ3) is 6.27. The normalized spacial score (nSPS) is 10.6. The Morgan fingerprint density at radius 2 is 1.55 bits per heavy atom. The van der Waals surface area contributed by atoms with Crippen LogP contribution in [0.25, 0.3) is 6.08 Å². The summed E-state index contributed by atoms with van der Waals surface area (Å²) < 4.78 is 21.4. The number of ether oxygens (including phenoxy) is 4. The molecule has 0 saturated heterocycles. The minimum atomic E-state index is -0.854. The fourth-order valence-electron chi connectivity index (χ4n) is 2.57. The van der Waals surface area contributed by atoms with E-state index >= 15 is 0 Å². The highest BCUT2D eigenvalue weighted by molar-refractivity contribution is 6.07. The Morgan fingerprint density at radius 3 is 2.14 bits per heavy atom. The minimum absolute atomic E-state index is 0.0565. The lowest BCUT2D eigenvalue weighted by molar-refractivity contribution is -0.137. The number of aliphatic carboxylic acids is 1. The van der Waals surface area contributed by atoms with E-state index in [-0.39, 0.29) is 12.2 Å². The molecule has 7 heteroatoms. The van der Waals surface area contributed by atoms with Gasteiger partial charge in [-0.2, -0.15) is 0 Å². The Hall–Kier alpha value is -3.48. The van der Waals surface area contributed by atoms with Gasteiger partial charge in [-0.05, 0) is 48.9 Å². The van der Waals surface area contributed by atoms with Crippen molar-refractivity contribution in [3.05, 3.63) is 53.6 Å². The molecule has 0 amide bonds. The van der Waals surface area contributed by atoms with Crippen molar-refractivity contribution in [1.29, 1.82) is 0 Å². The van der Waals surface area contributed by atoms with Gasteiger partial charge in [0.1, 0.15) is 11.5 Å². The molecule has 2 aromatic carbocycles. The van der Waals surface area contributed by atoms with E-state index in [0.29, 0.717) is 47.2 Å². The summed E-state index contributed by atoms with van der Waals surface area (Å²) in [4.78, 5) is 22.9. The highest BCUT2D eigenvalue weighted by Gasteiger charge is 2.11. The second-order valence-electron chi connectivity index (χ2n) is 6.02. The predicted octanol–water partition coefficient (Wildman–Crippen LogP) is 3.85. The lowest BCUT2D eigenvalue weighted by Gasteiger charge is -2.12. The summed E-state index contributed by atoms with van der Waals surface area (Å²) in [5, 5.41) is 8.61. The van der Waals surface area contributed by atoms with Crippen molar-refractivity contribution in [2.45, 2.75) is 12.8 Å². The molecular weight excluding hydrogens is 376 g/mol. The molecule has 0 aliphatic carbocycles. The summed E-state index contributed by atoms with van der Waals surface area (Å²) in [5.74, 6) is 1.16. The van der Waals surface area contributed by atoms with Gasteiger partial charge in [0.15, 0.2) is 17.3 Å². The summed E-state index contributed by atoms with van der Waals surface area (Å²) in [5.41, 5.74) is 1.18. The average Bonchev–Trinajstić information content (AvgIpc) is 2.74. The Morgan fingerprint density at radius 1 is 0.931 bits per heavy atom. The summed E-state index contributed by atoms with van der Waals surface area (Å²) in [6.07, 6.45) is 3.58. The second-order valence-corrected chi connectivity index (χ2v) is 6.02. The summed E-state index contributed by atoms with van der Waals surface area (Å²) >= 11 is 0.